The van der Waals surface area contributed by atoms with Crippen molar-refractivity contribution in [3.63, 3.8) is 0 Å². The third kappa shape index (κ3) is 5.66. The summed E-state index contributed by atoms with van der Waals surface area (Å²) in [5.74, 6) is 0.856. The van der Waals surface area contributed by atoms with E-state index < -0.39 is 11.3 Å². The topological polar surface area (TPSA) is 115 Å². The molecule has 0 aliphatic carbocycles. The van der Waals surface area contributed by atoms with Crippen LogP contribution in [0, 0.1) is 0 Å². The van der Waals surface area contributed by atoms with Gasteiger partial charge in [-0.2, -0.15) is 0 Å². The number of nitrogens with one attached hydrogen (secondary N) is 2. The van der Waals surface area contributed by atoms with Crippen LogP contribution in [0.3, 0.4) is 0 Å². The van der Waals surface area contributed by atoms with Crippen molar-refractivity contribution in [2.45, 2.75) is 24.5 Å². The lowest BCUT2D eigenvalue weighted by Gasteiger charge is -2.25. The van der Waals surface area contributed by atoms with Gasteiger partial charge < -0.3 is 24.3 Å². The molecule has 0 radical (unpaired) electrons. The van der Waals surface area contributed by atoms with Gasteiger partial charge in [-0.05, 0) is 48.9 Å². The van der Waals surface area contributed by atoms with Crippen molar-refractivity contribution >= 4 is 35.2 Å². The predicted molar refractivity (Wildman–Crippen MR) is 127 cm³/mol. The first-order valence-electron chi connectivity index (χ1n) is 10.4. The lowest BCUT2D eigenvalue weighted by Crippen LogP contribution is -2.47. The molecule has 11 heteroatoms. The van der Waals surface area contributed by atoms with Crippen molar-refractivity contribution in [3.05, 3.63) is 42.0 Å². The molecule has 2 N–H and O–H groups in total. The number of thioether (sulfide) groups is 1. The van der Waals surface area contributed by atoms with E-state index in [1.165, 1.54) is 45.0 Å². The molecule has 2 atom stereocenters. The molecular weight excluding hydrogens is 462 g/mol. The highest BCUT2D eigenvalue weighted by Crippen LogP contribution is 2.47. The molecule has 0 saturated carbocycles. The second kappa shape index (κ2) is 11.0. The molecule has 182 valence electrons. The van der Waals surface area contributed by atoms with Gasteiger partial charge in [0.25, 0.3) is 11.8 Å². The molecule has 1 fully saturated rings. The second-order valence-electron chi connectivity index (χ2n) is 7.33. The molecule has 1 saturated heterocycles. The van der Waals surface area contributed by atoms with Gasteiger partial charge in [-0.25, -0.2) is 5.01 Å². The Morgan fingerprint density at radius 2 is 1.65 bits per heavy atom. The normalized spacial score (nSPS) is 17.2. The number of carbonyl (C=O) groups excluding carboxylic acids is 3. The summed E-state index contributed by atoms with van der Waals surface area (Å²) < 4.78 is 21.7. The third-order valence-electron chi connectivity index (χ3n) is 4.91. The van der Waals surface area contributed by atoms with Gasteiger partial charge in [-0.3, -0.25) is 19.8 Å². The summed E-state index contributed by atoms with van der Waals surface area (Å²) in [6, 6.07) is 10.1. The van der Waals surface area contributed by atoms with Gasteiger partial charge in [0.1, 0.15) is 11.1 Å². The molecule has 0 aromatic heterocycles. The Hall–Kier alpha value is -3.60. The minimum Gasteiger partial charge on any atom is -0.493 e. The number of benzene rings is 2. The average molecular weight is 490 g/mol. The number of hydrogen-bond donors (Lipinski definition) is 2. The van der Waals surface area contributed by atoms with Crippen LogP contribution in [-0.4, -0.2) is 55.9 Å². The lowest BCUT2D eigenvalue weighted by molar-refractivity contribution is -0.141. The average Bonchev–Trinajstić information content (AvgIpc) is 3.10. The van der Waals surface area contributed by atoms with Gasteiger partial charge >= 0.3 is 0 Å². The van der Waals surface area contributed by atoms with Crippen molar-refractivity contribution in [3.8, 4) is 23.0 Å². The summed E-state index contributed by atoms with van der Waals surface area (Å²) in [7, 11) is 4.53. The minimum absolute atomic E-state index is 0.183. The first kappa shape index (κ1) is 25.0. The van der Waals surface area contributed by atoms with Crippen molar-refractivity contribution in [2.75, 3.05) is 33.3 Å². The Morgan fingerprint density at radius 3 is 2.18 bits per heavy atom. The predicted octanol–water partition coefficient (Wildman–Crippen LogP) is 2.74. The van der Waals surface area contributed by atoms with Crippen LogP contribution in [0.2, 0.25) is 0 Å². The Bertz CT molecular complexity index is 1040. The van der Waals surface area contributed by atoms with E-state index in [0.717, 1.165) is 0 Å². The van der Waals surface area contributed by atoms with E-state index in [2.05, 4.69) is 10.7 Å². The van der Waals surface area contributed by atoms with Crippen LogP contribution >= 0.6 is 11.8 Å². The number of nitrogens with zero attached hydrogens (tertiary/aromatic N) is 1. The van der Waals surface area contributed by atoms with Gasteiger partial charge in [-0.15, -0.1) is 11.8 Å². The fourth-order valence-electron chi connectivity index (χ4n) is 3.36. The van der Waals surface area contributed by atoms with Crippen LogP contribution in [-0.2, 0) is 14.4 Å². The molecule has 34 heavy (non-hydrogen) atoms. The van der Waals surface area contributed by atoms with Gasteiger partial charge in [0.15, 0.2) is 18.1 Å². The van der Waals surface area contributed by atoms with Crippen molar-refractivity contribution < 1.29 is 33.3 Å². The zero-order chi connectivity index (χ0) is 24.8. The summed E-state index contributed by atoms with van der Waals surface area (Å²) in [4.78, 5) is 36.5. The molecule has 1 heterocycles. The molecule has 3 amide bonds. The number of carbonyl (C=O) groups is 3. The van der Waals surface area contributed by atoms with Crippen molar-refractivity contribution in [1.29, 1.82) is 0 Å². The summed E-state index contributed by atoms with van der Waals surface area (Å²) in [5.41, 5.74) is 3.97. The smallest absolute Gasteiger partial charge is 0.276 e. The highest BCUT2D eigenvalue weighted by atomic mass is 32.2. The summed E-state index contributed by atoms with van der Waals surface area (Å²) in [6.07, 6.45) is 0. The maximum atomic E-state index is 12.8. The van der Waals surface area contributed by atoms with Crippen LogP contribution in [0.1, 0.15) is 24.8 Å². The Labute approximate surface area is 201 Å². The molecule has 1 aliphatic heterocycles. The first-order valence-corrected chi connectivity index (χ1v) is 11.3. The minimum atomic E-state index is -0.503. The van der Waals surface area contributed by atoms with E-state index >= 15 is 0 Å². The highest BCUT2D eigenvalue weighted by molar-refractivity contribution is 8.01. The lowest BCUT2D eigenvalue weighted by atomic mass is 10.1. The van der Waals surface area contributed by atoms with E-state index in [4.69, 9.17) is 18.9 Å². The standard InChI is InChI=1S/C23H27N3O7S/c1-13-22(29)26(23(34-13)15-10-18(30-3)21(32-5)19(11-15)31-4)25-20(28)12-33-17-8-6-16(7-9-17)24-14(2)27/h6-11,13,23H,12H2,1-5H3,(H,24,27)(H,25,28). The number of ether oxygens (including phenoxy) is 4. The number of methoxy groups -OCH3 is 3. The van der Waals surface area contributed by atoms with Crippen molar-refractivity contribution in [1.82, 2.24) is 10.4 Å². The Kier molecular flexibility index (Phi) is 8.11. The van der Waals surface area contributed by atoms with Crippen LogP contribution in [0.25, 0.3) is 0 Å². The third-order valence-corrected chi connectivity index (χ3v) is 6.27. The summed E-state index contributed by atoms with van der Waals surface area (Å²) >= 11 is 1.38. The molecule has 2 unspecified atom stereocenters. The molecule has 2 aromatic carbocycles. The SMILES string of the molecule is COc1cc(C2SC(C)C(=O)N2NC(=O)COc2ccc(NC(C)=O)cc2)cc(OC)c1OC. The summed E-state index contributed by atoms with van der Waals surface area (Å²) in [5, 5.41) is 3.07. The van der Waals surface area contributed by atoms with Gasteiger partial charge in [0.2, 0.25) is 11.7 Å². The molecule has 2 aromatic rings. The Morgan fingerprint density at radius 1 is 1.03 bits per heavy atom. The molecule has 0 spiro atoms. The molecule has 3 rings (SSSR count). The van der Waals surface area contributed by atoms with E-state index in [-0.39, 0.29) is 23.7 Å². The zero-order valence-electron chi connectivity index (χ0n) is 19.5. The quantitative estimate of drug-likeness (QED) is 0.553. The van der Waals surface area contributed by atoms with Crippen LogP contribution < -0.4 is 29.7 Å². The van der Waals surface area contributed by atoms with Crippen LogP contribution in [0.4, 0.5) is 5.69 Å². The van der Waals surface area contributed by atoms with E-state index in [9.17, 15) is 14.4 Å². The van der Waals surface area contributed by atoms with E-state index in [1.54, 1.807) is 43.3 Å². The number of anilines is 1. The first-order chi connectivity index (χ1) is 16.3. The zero-order valence-corrected chi connectivity index (χ0v) is 20.4. The monoisotopic (exact) mass is 489 g/mol. The molecule has 1 aliphatic rings. The van der Waals surface area contributed by atoms with E-state index in [0.29, 0.717) is 34.2 Å². The van der Waals surface area contributed by atoms with Gasteiger partial charge in [-0.1, -0.05) is 0 Å². The fourth-order valence-corrected chi connectivity index (χ4v) is 4.55. The van der Waals surface area contributed by atoms with E-state index in [1.807, 2.05) is 0 Å². The maximum absolute atomic E-state index is 12.8. The second-order valence-corrected chi connectivity index (χ2v) is 8.75. The number of hydrogen-bond acceptors (Lipinski definition) is 8. The van der Waals surface area contributed by atoms with Crippen LogP contribution in [0.15, 0.2) is 36.4 Å². The molecule has 10 nitrogen and oxygen atoms in total. The largest absolute Gasteiger partial charge is 0.493 e. The van der Waals surface area contributed by atoms with Crippen LogP contribution in [0.5, 0.6) is 23.0 Å². The van der Waals surface area contributed by atoms with Gasteiger partial charge in [0, 0.05) is 12.6 Å². The van der Waals surface area contributed by atoms with Gasteiger partial charge in [0.05, 0.1) is 26.6 Å². The summed E-state index contributed by atoms with van der Waals surface area (Å²) in [6.45, 7) is 2.89. The fraction of sp³-hybridized carbons (Fsp3) is 0.348. The Balaban J connectivity index is 1.72. The highest BCUT2D eigenvalue weighted by Gasteiger charge is 2.40. The molecular formula is C23H27N3O7S. The number of amides is 3. The number of hydrazine groups is 1. The number of rotatable bonds is 9. The van der Waals surface area contributed by atoms with Crippen molar-refractivity contribution in [2.24, 2.45) is 0 Å². The molecule has 0 bridgehead atoms. The maximum Gasteiger partial charge on any atom is 0.276 e.